The van der Waals surface area contributed by atoms with Gasteiger partial charge >= 0.3 is 0 Å². The van der Waals surface area contributed by atoms with Gasteiger partial charge in [-0.2, -0.15) is 0 Å². The minimum absolute atomic E-state index is 0.577. The SMILES string of the molecule is CCCCC(=N)Nn1cccc1. The number of amidine groups is 1. The molecule has 66 valence electrons. The third-order valence-corrected chi connectivity index (χ3v) is 1.65. The molecule has 1 aromatic heterocycles. The lowest BCUT2D eigenvalue weighted by Crippen LogP contribution is -2.19. The predicted octanol–water partition coefficient (Wildman–Crippen LogP) is 2.20. The molecule has 0 fully saturated rings. The predicted molar refractivity (Wildman–Crippen MR) is 51.0 cm³/mol. The van der Waals surface area contributed by atoms with E-state index < -0.39 is 0 Å². The van der Waals surface area contributed by atoms with Gasteiger partial charge in [0.2, 0.25) is 0 Å². The highest BCUT2D eigenvalue weighted by molar-refractivity contribution is 5.86. The number of hydrogen-bond acceptors (Lipinski definition) is 1. The van der Waals surface area contributed by atoms with Gasteiger partial charge in [0.15, 0.2) is 0 Å². The average Bonchev–Trinajstić information content (AvgIpc) is 2.53. The van der Waals surface area contributed by atoms with Crippen molar-refractivity contribution in [2.75, 3.05) is 5.43 Å². The third kappa shape index (κ3) is 2.78. The topological polar surface area (TPSA) is 40.8 Å². The van der Waals surface area contributed by atoms with Gasteiger partial charge in [-0.05, 0) is 18.6 Å². The Labute approximate surface area is 72.9 Å². The number of nitrogens with one attached hydrogen (secondary N) is 2. The molecule has 12 heavy (non-hydrogen) atoms. The summed E-state index contributed by atoms with van der Waals surface area (Å²) in [5.74, 6) is 0.577. The summed E-state index contributed by atoms with van der Waals surface area (Å²) in [6.07, 6.45) is 6.82. The largest absolute Gasteiger partial charge is 0.287 e. The number of aromatic nitrogens is 1. The van der Waals surface area contributed by atoms with Crippen LogP contribution in [0.3, 0.4) is 0 Å². The first-order valence-corrected chi connectivity index (χ1v) is 4.30. The first-order valence-electron chi connectivity index (χ1n) is 4.30. The first-order chi connectivity index (χ1) is 5.83. The molecule has 0 bridgehead atoms. The van der Waals surface area contributed by atoms with Gasteiger partial charge in [0.25, 0.3) is 0 Å². The van der Waals surface area contributed by atoms with Crippen LogP contribution in [0.15, 0.2) is 24.5 Å². The van der Waals surface area contributed by atoms with E-state index in [4.69, 9.17) is 5.41 Å². The standard InChI is InChI=1S/C9H15N3/c1-2-3-6-9(10)11-12-7-4-5-8-12/h4-5,7-8H,2-3,6H2,1H3,(H2,10,11). The minimum Gasteiger partial charge on any atom is -0.287 e. The molecule has 1 heterocycles. The van der Waals surface area contributed by atoms with Crippen LogP contribution in [0.25, 0.3) is 0 Å². The van der Waals surface area contributed by atoms with Crippen LogP contribution in [-0.4, -0.2) is 10.5 Å². The van der Waals surface area contributed by atoms with Crippen LogP contribution in [0.2, 0.25) is 0 Å². The van der Waals surface area contributed by atoms with E-state index in [1.54, 1.807) is 4.68 Å². The lowest BCUT2D eigenvalue weighted by atomic mass is 10.2. The molecule has 0 saturated carbocycles. The molecule has 0 atom stereocenters. The molecule has 3 nitrogen and oxygen atoms in total. The fourth-order valence-electron chi connectivity index (χ4n) is 0.974. The number of unbranched alkanes of at least 4 members (excludes halogenated alkanes) is 1. The second kappa shape index (κ2) is 4.59. The molecule has 3 heteroatoms. The molecular weight excluding hydrogens is 150 g/mol. The second-order valence-corrected chi connectivity index (χ2v) is 2.78. The summed E-state index contributed by atoms with van der Waals surface area (Å²) in [6.45, 7) is 2.13. The summed E-state index contributed by atoms with van der Waals surface area (Å²) in [5.41, 5.74) is 2.96. The van der Waals surface area contributed by atoms with Gasteiger partial charge < -0.3 is 0 Å². The van der Waals surface area contributed by atoms with Crippen molar-refractivity contribution < 1.29 is 0 Å². The summed E-state index contributed by atoms with van der Waals surface area (Å²) in [5, 5.41) is 7.54. The molecule has 0 aliphatic carbocycles. The Morgan fingerprint density at radius 1 is 1.42 bits per heavy atom. The maximum Gasteiger partial charge on any atom is 0.112 e. The van der Waals surface area contributed by atoms with E-state index in [-0.39, 0.29) is 0 Å². The van der Waals surface area contributed by atoms with E-state index in [2.05, 4.69) is 12.3 Å². The zero-order valence-corrected chi connectivity index (χ0v) is 7.38. The highest BCUT2D eigenvalue weighted by Crippen LogP contribution is 1.95. The monoisotopic (exact) mass is 165 g/mol. The quantitative estimate of drug-likeness (QED) is 0.521. The summed E-state index contributed by atoms with van der Waals surface area (Å²) >= 11 is 0. The van der Waals surface area contributed by atoms with E-state index in [0.29, 0.717) is 5.84 Å². The van der Waals surface area contributed by atoms with Crippen LogP contribution in [0.5, 0.6) is 0 Å². The molecule has 0 spiro atoms. The van der Waals surface area contributed by atoms with Crippen LogP contribution in [0.1, 0.15) is 26.2 Å². The maximum absolute atomic E-state index is 7.54. The summed E-state index contributed by atoms with van der Waals surface area (Å²) in [4.78, 5) is 0. The minimum atomic E-state index is 0.577. The lowest BCUT2D eigenvalue weighted by Gasteiger charge is -2.07. The van der Waals surface area contributed by atoms with E-state index in [1.807, 2.05) is 24.5 Å². The van der Waals surface area contributed by atoms with Gasteiger partial charge in [-0.1, -0.05) is 13.3 Å². The van der Waals surface area contributed by atoms with Crippen molar-refractivity contribution in [1.82, 2.24) is 4.68 Å². The molecule has 1 rings (SSSR count). The summed E-state index contributed by atoms with van der Waals surface area (Å²) in [6, 6.07) is 3.86. The molecule has 1 aromatic rings. The molecule has 2 N–H and O–H groups in total. The smallest absolute Gasteiger partial charge is 0.112 e. The molecule has 0 unspecified atom stereocenters. The van der Waals surface area contributed by atoms with Crippen LogP contribution in [-0.2, 0) is 0 Å². The molecule has 0 aromatic carbocycles. The highest BCUT2D eigenvalue weighted by Gasteiger charge is 1.94. The Balaban J connectivity index is 2.27. The summed E-state index contributed by atoms with van der Waals surface area (Å²) in [7, 11) is 0. The second-order valence-electron chi connectivity index (χ2n) is 2.78. The van der Waals surface area contributed by atoms with E-state index in [0.717, 1.165) is 19.3 Å². The van der Waals surface area contributed by atoms with Crippen molar-refractivity contribution in [3.05, 3.63) is 24.5 Å². The molecule has 0 aliphatic heterocycles. The number of nitrogens with zero attached hydrogens (tertiary/aromatic N) is 1. The van der Waals surface area contributed by atoms with Crippen LogP contribution >= 0.6 is 0 Å². The van der Waals surface area contributed by atoms with Crippen molar-refractivity contribution in [1.29, 1.82) is 5.41 Å². The number of rotatable bonds is 4. The van der Waals surface area contributed by atoms with E-state index in [9.17, 15) is 0 Å². The maximum atomic E-state index is 7.54. The fraction of sp³-hybridized carbons (Fsp3) is 0.444. The zero-order valence-electron chi connectivity index (χ0n) is 7.38. The Bertz CT molecular complexity index is 226. The van der Waals surface area contributed by atoms with Crippen molar-refractivity contribution in [2.45, 2.75) is 26.2 Å². The Morgan fingerprint density at radius 2 is 2.08 bits per heavy atom. The molecule has 0 aliphatic rings. The van der Waals surface area contributed by atoms with Crippen molar-refractivity contribution in [3.8, 4) is 0 Å². The molecule has 0 saturated heterocycles. The summed E-state index contributed by atoms with van der Waals surface area (Å²) < 4.78 is 1.79. The van der Waals surface area contributed by atoms with E-state index >= 15 is 0 Å². The van der Waals surface area contributed by atoms with E-state index in [1.165, 1.54) is 0 Å². The van der Waals surface area contributed by atoms with Gasteiger partial charge in [-0.15, -0.1) is 0 Å². The fourth-order valence-corrected chi connectivity index (χ4v) is 0.974. The van der Waals surface area contributed by atoms with Gasteiger partial charge in [-0.3, -0.25) is 15.5 Å². The van der Waals surface area contributed by atoms with Crippen molar-refractivity contribution in [3.63, 3.8) is 0 Å². The van der Waals surface area contributed by atoms with Gasteiger partial charge in [-0.25, -0.2) is 0 Å². The van der Waals surface area contributed by atoms with Crippen LogP contribution in [0, 0.1) is 5.41 Å². The van der Waals surface area contributed by atoms with Crippen molar-refractivity contribution >= 4 is 5.84 Å². The Hall–Kier alpha value is -1.25. The van der Waals surface area contributed by atoms with Crippen LogP contribution < -0.4 is 5.43 Å². The van der Waals surface area contributed by atoms with Gasteiger partial charge in [0.05, 0.1) is 0 Å². The average molecular weight is 165 g/mol. The van der Waals surface area contributed by atoms with Crippen LogP contribution in [0.4, 0.5) is 0 Å². The first kappa shape index (κ1) is 8.84. The zero-order chi connectivity index (χ0) is 8.81. The lowest BCUT2D eigenvalue weighted by molar-refractivity contribution is 0.819. The van der Waals surface area contributed by atoms with Crippen molar-refractivity contribution in [2.24, 2.45) is 0 Å². The third-order valence-electron chi connectivity index (χ3n) is 1.65. The molecular formula is C9H15N3. The normalized spacial score (nSPS) is 9.75. The highest BCUT2D eigenvalue weighted by atomic mass is 15.4. The Morgan fingerprint density at radius 3 is 2.67 bits per heavy atom. The van der Waals surface area contributed by atoms with Gasteiger partial charge in [0.1, 0.15) is 5.84 Å². The molecule has 0 radical (unpaired) electrons. The number of hydrogen-bond donors (Lipinski definition) is 2. The Kier molecular flexibility index (Phi) is 3.38. The molecule has 0 amide bonds. The van der Waals surface area contributed by atoms with Gasteiger partial charge in [0, 0.05) is 18.8 Å².